The van der Waals surface area contributed by atoms with Crippen LogP contribution in [-0.4, -0.2) is 6.61 Å². The fourth-order valence-electron chi connectivity index (χ4n) is 1.57. The highest BCUT2D eigenvalue weighted by molar-refractivity contribution is 6.22. The fraction of sp³-hybridized carbons (Fsp3) is 0.455. The van der Waals surface area contributed by atoms with Crippen LogP contribution in [0.3, 0.4) is 0 Å². The highest BCUT2D eigenvalue weighted by atomic mass is 35.5. The Balaban J connectivity index is 2.21. The fourth-order valence-corrected chi connectivity index (χ4v) is 1.87. The van der Waals surface area contributed by atoms with Crippen molar-refractivity contribution in [3.63, 3.8) is 0 Å². The Morgan fingerprint density at radius 3 is 2.71 bits per heavy atom. The Hall–Kier alpha value is -0.570. The molecule has 0 aromatic heterocycles. The Morgan fingerprint density at radius 1 is 1.14 bits per heavy atom. The van der Waals surface area contributed by atoms with Gasteiger partial charge in [0.25, 0.3) is 0 Å². The number of benzene rings is 1. The van der Waals surface area contributed by atoms with Crippen molar-refractivity contribution >= 4 is 11.6 Å². The van der Waals surface area contributed by atoms with E-state index in [0.29, 0.717) is 6.61 Å². The van der Waals surface area contributed by atoms with Crippen LogP contribution in [0.2, 0.25) is 0 Å². The van der Waals surface area contributed by atoms with Gasteiger partial charge in [0.2, 0.25) is 5.06 Å². The molecule has 0 radical (unpaired) electrons. The molecule has 1 heterocycles. The van der Waals surface area contributed by atoms with Gasteiger partial charge in [-0.2, -0.15) is 0 Å². The molecule has 76 valence electrons. The summed E-state index contributed by atoms with van der Waals surface area (Å²) in [4.78, 5) is 10.3. The number of halogens is 1. The molecule has 2 nitrogen and oxygen atoms in total. The summed E-state index contributed by atoms with van der Waals surface area (Å²) >= 11 is 6.36. The topological polar surface area (TPSA) is 18.5 Å². The monoisotopic (exact) mass is 212 g/mol. The van der Waals surface area contributed by atoms with E-state index in [9.17, 15) is 0 Å². The van der Waals surface area contributed by atoms with E-state index in [1.165, 1.54) is 0 Å². The maximum Gasteiger partial charge on any atom is 0.201 e. The maximum atomic E-state index is 6.36. The molecule has 1 unspecified atom stereocenters. The molecule has 1 fully saturated rings. The van der Waals surface area contributed by atoms with Gasteiger partial charge in [-0.3, -0.25) is 0 Å². The minimum Gasteiger partial charge on any atom is -0.235 e. The standard InChI is InChI=1S/C11H13ClO2/c12-11(8-4-5-9-13-14-11)10-6-2-1-3-7-10/h1-3,6-7H,4-5,8-9H2. The van der Waals surface area contributed by atoms with E-state index in [1.54, 1.807) is 0 Å². The Morgan fingerprint density at radius 2 is 1.93 bits per heavy atom. The van der Waals surface area contributed by atoms with E-state index in [-0.39, 0.29) is 0 Å². The molecule has 0 saturated carbocycles. The molecule has 1 aromatic carbocycles. The smallest absolute Gasteiger partial charge is 0.201 e. The van der Waals surface area contributed by atoms with E-state index in [4.69, 9.17) is 21.4 Å². The van der Waals surface area contributed by atoms with Crippen LogP contribution < -0.4 is 0 Å². The molecule has 3 heteroatoms. The van der Waals surface area contributed by atoms with Crippen molar-refractivity contribution in [3.05, 3.63) is 35.9 Å². The Kier molecular flexibility index (Phi) is 3.06. The first-order valence-electron chi connectivity index (χ1n) is 4.86. The van der Waals surface area contributed by atoms with E-state index < -0.39 is 5.06 Å². The van der Waals surface area contributed by atoms with Crippen LogP contribution >= 0.6 is 11.6 Å². The third-order valence-electron chi connectivity index (χ3n) is 2.37. The first kappa shape index (κ1) is 9.97. The first-order chi connectivity index (χ1) is 6.81. The van der Waals surface area contributed by atoms with Gasteiger partial charge in [-0.1, -0.05) is 41.9 Å². The molecule has 2 rings (SSSR count). The summed E-state index contributed by atoms with van der Waals surface area (Å²) in [5.74, 6) is 0. The summed E-state index contributed by atoms with van der Waals surface area (Å²) in [5, 5.41) is -0.794. The SMILES string of the molecule is ClC1(c2ccccc2)CCCCOO1. The van der Waals surface area contributed by atoms with Crippen LogP contribution in [0.5, 0.6) is 0 Å². The number of hydrogen-bond acceptors (Lipinski definition) is 2. The first-order valence-corrected chi connectivity index (χ1v) is 5.24. The minimum absolute atomic E-state index is 0.626. The molecule has 14 heavy (non-hydrogen) atoms. The zero-order chi connectivity index (χ0) is 9.86. The van der Waals surface area contributed by atoms with Crippen LogP contribution in [0, 0.1) is 0 Å². The highest BCUT2D eigenvalue weighted by Crippen LogP contribution is 2.37. The lowest BCUT2D eigenvalue weighted by Crippen LogP contribution is -2.21. The van der Waals surface area contributed by atoms with Gasteiger partial charge in [0, 0.05) is 5.56 Å². The zero-order valence-electron chi connectivity index (χ0n) is 7.91. The molecule has 0 N–H and O–H groups in total. The molecule has 1 aliphatic heterocycles. The minimum atomic E-state index is -0.794. The number of alkyl halides is 1. The van der Waals surface area contributed by atoms with E-state index in [0.717, 1.165) is 24.8 Å². The van der Waals surface area contributed by atoms with Crippen molar-refractivity contribution in [1.29, 1.82) is 0 Å². The molecule has 1 atom stereocenters. The molecule has 0 spiro atoms. The van der Waals surface area contributed by atoms with E-state index in [2.05, 4.69) is 0 Å². The van der Waals surface area contributed by atoms with E-state index in [1.807, 2.05) is 30.3 Å². The molecule has 0 bridgehead atoms. The van der Waals surface area contributed by atoms with Crippen LogP contribution in [0.4, 0.5) is 0 Å². The summed E-state index contributed by atoms with van der Waals surface area (Å²) in [6, 6.07) is 9.78. The predicted octanol–water partition coefficient (Wildman–Crippen LogP) is 3.21. The van der Waals surface area contributed by atoms with Crippen molar-refractivity contribution in [2.75, 3.05) is 6.61 Å². The summed E-state index contributed by atoms with van der Waals surface area (Å²) in [6.07, 6.45) is 2.82. The molecule has 0 aliphatic carbocycles. The van der Waals surface area contributed by atoms with Gasteiger partial charge in [0.15, 0.2) is 0 Å². The lowest BCUT2D eigenvalue weighted by Gasteiger charge is -2.23. The Labute approximate surface area is 88.7 Å². The predicted molar refractivity (Wildman–Crippen MR) is 54.9 cm³/mol. The molecular formula is C11H13ClO2. The average Bonchev–Trinajstić information content (AvgIpc) is 2.46. The lowest BCUT2D eigenvalue weighted by molar-refractivity contribution is -0.336. The van der Waals surface area contributed by atoms with Crippen molar-refractivity contribution in [1.82, 2.24) is 0 Å². The zero-order valence-corrected chi connectivity index (χ0v) is 8.67. The van der Waals surface area contributed by atoms with Gasteiger partial charge >= 0.3 is 0 Å². The van der Waals surface area contributed by atoms with Gasteiger partial charge in [-0.05, 0) is 19.3 Å². The second kappa shape index (κ2) is 4.30. The number of rotatable bonds is 1. The molecular weight excluding hydrogens is 200 g/mol. The van der Waals surface area contributed by atoms with Gasteiger partial charge in [-0.25, -0.2) is 9.78 Å². The summed E-state index contributed by atoms with van der Waals surface area (Å²) < 4.78 is 0. The van der Waals surface area contributed by atoms with Crippen molar-refractivity contribution in [3.8, 4) is 0 Å². The van der Waals surface area contributed by atoms with E-state index >= 15 is 0 Å². The third-order valence-corrected chi connectivity index (χ3v) is 2.84. The molecule has 0 amide bonds. The van der Waals surface area contributed by atoms with Crippen molar-refractivity contribution < 1.29 is 9.78 Å². The quantitative estimate of drug-likeness (QED) is 0.526. The molecule has 1 aliphatic rings. The maximum absolute atomic E-state index is 6.36. The highest BCUT2D eigenvalue weighted by Gasteiger charge is 2.33. The van der Waals surface area contributed by atoms with Crippen LogP contribution in [0.1, 0.15) is 24.8 Å². The Bertz CT molecular complexity index is 279. The third kappa shape index (κ3) is 2.08. The molecule has 1 aromatic rings. The van der Waals surface area contributed by atoms with Gasteiger partial charge < -0.3 is 0 Å². The van der Waals surface area contributed by atoms with Crippen LogP contribution in [-0.2, 0) is 14.8 Å². The second-order valence-electron chi connectivity index (χ2n) is 3.46. The number of hydrogen-bond donors (Lipinski definition) is 0. The van der Waals surface area contributed by atoms with Crippen molar-refractivity contribution in [2.24, 2.45) is 0 Å². The lowest BCUT2D eigenvalue weighted by atomic mass is 10.0. The average molecular weight is 213 g/mol. The summed E-state index contributed by atoms with van der Waals surface area (Å²) in [7, 11) is 0. The van der Waals surface area contributed by atoms with Crippen LogP contribution in [0.15, 0.2) is 30.3 Å². The van der Waals surface area contributed by atoms with Gasteiger partial charge in [0.05, 0.1) is 6.61 Å². The van der Waals surface area contributed by atoms with Gasteiger partial charge in [0.1, 0.15) is 0 Å². The normalized spacial score (nSPS) is 28.4. The van der Waals surface area contributed by atoms with Gasteiger partial charge in [-0.15, -0.1) is 0 Å². The summed E-state index contributed by atoms with van der Waals surface area (Å²) in [6.45, 7) is 0.626. The van der Waals surface area contributed by atoms with Crippen LogP contribution in [0.25, 0.3) is 0 Å². The molecule has 1 saturated heterocycles. The second-order valence-corrected chi connectivity index (χ2v) is 4.07. The largest absolute Gasteiger partial charge is 0.235 e. The van der Waals surface area contributed by atoms with Crippen molar-refractivity contribution in [2.45, 2.75) is 24.3 Å². The summed E-state index contributed by atoms with van der Waals surface area (Å²) in [5.41, 5.74) is 0.962.